The second-order valence-corrected chi connectivity index (χ2v) is 5.31. The Morgan fingerprint density at radius 2 is 2.32 bits per heavy atom. The lowest BCUT2D eigenvalue weighted by Crippen LogP contribution is -2.31. The van der Waals surface area contributed by atoms with E-state index in [9.17, 15) is 4.79 Å². The molecule has 1 aliphatic rings. The fourth-order valence-electron chi connectivity index (χ4n) is 2.38. The Balaban J connectivity index is 1.77. The molecule has 1 saturated heterocycles. The van der Waals surface area contributed by atoms with Crippen LogP contribution in [-0.4, -0.2) is 33.8 Å². The van der Waals surface area contributed by atoms with Gasteiger partial charge in [-0.2, -0.15) is 0 Å². The molecule has 19 heavy (non-hydrogen) atoms. The van der Waals surface area contributed by atoms with Gasteiger partial charge in [0, 0.05) is 12.2 Å². The van der Waals surface area contributed by atoms with Crippen molar-refractivity contribution in [2.45, 2.75) is 18.9 Å². The summed E-state index contributed by atoms with van der Waals surface area (Å²) < 4.78 is 2.07. The highest BCUT2D eigenvalue weighted by Gasteiger charge is 2.20. The van der Waals surface area contributed by atoms with Crippen molar-refractivity contribution < 1.29 is 4.79 Å². The number of hydrogen-bond acceptors (Lipinski definition) is 5. The van der Waals surface area contributed by atoms with Crippen LogP contribution >= 0.6 is 11.3 Å². The largest absolute Gasteiger partial charge is 0.340 e. The molecule has 2 aromatic rings. The van der Waals surface area contributed by atoms with Gasteiger partial charge in [0.15, 0.2) is 0 Å². The molecule has 1 aliphatic heterocycles. The number of nitrogens with one attached hydrogen (secondary N) is 2. The minimum absolute atomic E-state index is 0.125. The minimum Gasteiger partial charge on any atom is -0.340 e. The molecule has 0 saturated carbocycles. The van der Waals surface area contributed by atoms with Crippen LogP contribution in [0, 0.1) is 0 Å². The van der Waals surface area contributed by atoms with Gasteiger partial charge >= 0.3 is 0 Å². The highest BCUT2D eigenvalue weighted by Crippen LogP contribution is 2.22. The average Bonchev–Trinajstić information content (AvgIpc) is 3.10. The summed E-state index contributed by atoms with van der Waals surface area (Å²) in [5, 5.41) is 14.2. The summed E-state index contributed by atoms with van der Waals surface area (Å²) in [4.78, 5) is 12.2. The van der Waals surface area contributed by atoms with Gasteiger partial charge in [0.2, 0.25) is 5.13 Å². The van der Waals surface area contributed by atoms with Crippen LogP contribution in [0.15, 0.2) is 23.8 Å². The average molecular weight is 277 g/mol. The van der Waals surface area contributed by atoms with Gasteiger partial charge in [-0.1, -0.05) is 11.3 Å². The Hall–Kier alpha value is -1.73. The molecule has 7 heteroatoms. The van der Waals surface area contributed by atoms with Gasteiger partial charge in [0.05, 0.1) is 0 Å². The van der Waals surface area contributed by atoms with Gasteiger partial charge in [0.1, 0.15) is 11.2 Å². The standard InChI is InChI=1S/C12H15N5OS/c18-11(15-12-16-14-8-19-12)10-2-1-7-17(10)9-3-5-13-6-4-9/h1-2,7-9,13H,3-6H2,(H,15,16,18). The molecule has 100 valence electrons. The van der Waals surface area contributed by atoms with Crippen molar-refractivity contribution in [1.29, 1.82) is 0 Å². The van der Waals surface area contributed by atoms with Crippen molar-refractivity contribution in [3.63, 3.8) is 0 Å². The molecule has 0 aliphatic carbocycles. The van der Waals surface area contributed by atoms with E-state index in [2.05, 4.69) is 25.4 Å². The third-order valence-electron chi connectivity index (χ3n) is 3.29. The van der Waals surface area contributed by atoms with Gasteiger partial charge in [-0.25, -0.2) is 0 Å². The Bertz CT molecular complexity index is 544. The molecule has 0 atom stereocenters. The fourth-order valence-corrected chi connectivity index (χ4v) is 2.82. The van der Waals surface area contributed by atoms with E-state index in [1.54, 1.807) is 5.51 Å². The van der Waals surface area contributed by atoms with Gasteiger partial charge < -0.3 is 9.88 Å². The van der Waals surface area contributed by atoms with E-state index in [0.717, 1.165) is 25.9 Å². The molecule has 6 nitrogen and oxygen atoms in total. The number of amides is 1. The van der Waals surface area contributed by atoms with Gasteiger partial charge in [-0.05, 0) is 38.1 Å². The number of aromatic nitrogens is 3. The molecule has 1 fully saturated rings. The number of rotatable bonds is 3. The summed E-state index contributed by atoms with van der Waals surface area (Å²) >= 11 is 1.32. The fraction of sp³-hybridized carbons (Fsp3) is 0.417. The number of nitrogens with zero attached hydrogens (tertiary/aromatic N) is 3. The van der Waals surface area contributed by atoms with Crippen LogP contribution in [0.1, 0.15) is 29.4 Å². The molecule has 0 spiro atoms. The summed E-state index contributed by atoms with van der Waals surface area (Å²) in [5.41, 5.74) is 2.28. The summed E-state index contributed by atoms with van der Waals surface area (Å²) in [6.45, 7) is 2.00. The summed E-state index contributed by atoms with van der Waals surface area (Å²) in [7, 11) is 0. The molecular formula is C12H15N5OS. The molecule has 2 N–H and O–H groups in total. The zero-order valence-electron chi connectivity index (χ0n) is 10.4. The summed E-state index contributed by atoms with van der Waals surface area (Å²) in [6.07, 6.45) is 4.08. The smallest absolute Gasteiger partial charge is 0.274 e. The van der Waals surface area contributed by atoms with E-state index in [1.165, 1.54) is 11.3 Å². The van der Waals surface area contributed by atoms with E-state index >= 15 is 0 Å². The molecule has 0 aromatic carbocycles. The molecule has 0 unspecified atom stereocenters. The zero-order chi connectivity index (χ0) is 13.1. The van der Waals surface area contributed by atoms with Crippen LogP contribution in [0.5, 0.6) is 0 Å². The van der Waals surface area contributed by atoms with E-state index in [-0.39, 0.29) is 5.91 Å². The van der Waals surface area contributed by atoms with Crippen LogP contribution in [0.4, 0.5) is 5.13 Å². The van der Waals surface area contributed by atoms with Crippen molar-refractivity contribution >= 4 is 22.4 Å². The number of carbonyl (C=O) groups excluding carboxylic acids is 1. The van der Waals surface area contributed by atoms with Crippen LogP contribution < -0.4 is 10.6 Å². The van der Waals surface area contributed by atoms with E-state index in [1.807, 2.05) is 18.3 Å². The van der Waals surface area contributed by atoms with Crippen LogP contribution in [0.25, 0.3) is 0 Å². The molecule has 3 heterocycles. The molecular weight excluding hydrogens is 262 g/mol. The summed E-state index contributed by atoms with van der Waals surface area (Å²) in [6, 6.07) is 4.15. The highest BCUT2D eigenvalue weighted by molar-refractivity contribution is 7.13. The Morgan fingerprint density at radius 1 is 1.47 bits per heavy atom. The van der Waals surface area contributed by atoms with Crippen LogP contribution in [0.3, 0.4) is 0 Å². The Labute approximate surface area is 114 Å². The number of anilines is 1. The quantitative estimate of drug-likeness (QED) is 0.892. The second-order valence-electron chi connectivity index (χ2n) is 4.48. The summed E-state index contributed by atoms with van der Waals surface area (Å²) in [5.74, 6) is -0.125. The monoisotopic (exact) mass is 277 g/mol. The topological polar surface area (TPSA) is 71.8 Å². The van der Waals surface area contributed by atoms with Gasteiger partial charge in [-0.3, -0.25) is 10.1 Å². The number of hydrogen-bond donors (Lipinski definition) is 2. The van der Waals surface area contributed by atoms with Crippen molar-refractivity contribution in [2.24, 2.45) is 0 Å². The third-order valence-corrected chi connectivity index (χ3v) is 3.90. The molecule has 0 radical (unpaired) electrons. The number of carbonyl (C=O) groups is 1. The SMILES string of the molecule is O=C(Nc1nncs1)c1cccn1C1CCNCC1. The lowest BCUT2D eigenvalue weighted by molar-refractivity contribution is 0.101. The molecule has 3 rings (SSSR count). The lowest BCUT2D eigenvalue weighted by atomic mass is 10.1. The Kier molecular flexibility index (Phi) is 3.56. The maximum Gasteiger partial charge on any atom is 0.274 e. The first kappa shape index (κ1) is 12.3. The van der Waals surface area contributed by atoms with E-state index in [4.69, 9.17) is 0 Å². The molecule has 1 amide bonds. The first-order valence-electron chi connectivity index (χ1n) is 6.29. The first-order chi connectivity index (χ1) is 9.34. The zero-order valence-corrected chi connectivity index (χ0v) is 11.2. The van der Waals surface area contributed by atoms with E-state index in [0.29, 0.717) is 16.9 Å². The first-order valence-corrected chi connectivity index (χ1v) is 7.17. The van der Waals surface area contributed by atoms with Crippen molar-refractivity contribution in [2.75, 3.05) is 18.4 Å². The molecule has 0 bridgehead atoms. The van der Waals surface area contributed by atoms with Crippen LogP contribution in [-0.2, 0) is 0 Å². The van der Waals surface area contributed by atoms with E-state index < -0.39 is 0 Å². The lowest BCUT2D eigenvalue weighted by Gasteiger charge is -2.25. The molecule has 2 aromatic heterocycles. The van der Waals surface area contributed by atoms with Gasteiger partial charge in [-0.15, -0.1) is 10.2 Å². The maximum atomic E-state index is 12.2. The number of piperidine rings is 1. The third kappa shape index (κ3) is 2.66. The van der Waals surface area contributed by atoms with Gasteiger partial charge in [0.25, 0.3) is 5.91 Å². The second kappa shape index (κ2) is 5.50. The maximum absolute atomic E-state index is 12.2. The minimum atomic E-state index is -0.125. The van der Waals surface area contributed by atoms with Crippen molar-refractivity contribution in [3.8, 4) is 0 Å². The predicted molar refractivity (Wildman–Crippen MR) is 73.4 cm³/mol. The Morgan fingerprint density at radius 3 is 3.05 bits per heavy atom. The predicted octanol–water partition coefficient (Wildman–Crippen LogP) is 1.52. The van der Waals surface area contributed by atoms with Crippen molar-refractivity contribution in [3.05, 3.63) is 29.5 Å². The highest BCUT2D eigenvalue weighted by atomic mass is 32.1. The van der Waals surface area contributed by atoms with Crippen LogP contribution in [0.2, 0.25) is 0 Å². The van der Waals surface area contributed by atoms with Crippen molar-refractivity contribution in [1.82, 2.24) is 20.1 Å². The normalized spacial score (nSPS) is 16.4.